The SMILES string of the molecule is Oc1cc(C(F)F)cc2c1C=NCC2. The van der Waals surface area contributed by atoms with Gasteiger partial charge in [-0.25, -0.2) is 8.78 Å². The zero-order valence-corrected chi connectivity index (χ0v) is 7.37. The van der Waals surface area contributed by atoms with Gasteiger partial charge in [-0.2, -0.15) is 0 Å². The lowest BCUT2D eigenvalue weighted by Crippen LogP contribution is -2.04. The van der Waals surface area contributed by atoms with Crippen LogP contribution in [-0.4, -0.2) is 17.9 Å². The minimum atomic E-state index is -2.54. The lowest BCUT2D eigenvalue weighted by molar-refractivity contribution is 0.151. The Morgan fingerprint density at radius 2 is 2.14 bits per heavy atom. The molecule has 1 aromatic carbocycles. The minimum Gasteiger partial charge on any atom is -0.507 e. The Labute approximate surface area is 79.9 Å². The number of hydrogen-bond donors (Lipinski definition) is 1. The number of benzene rings is 1. The molecule has 4 heteroatoms. The fourth-order valence-corrected chi connectivity index (χ4v) is 1.54. The number of aliphatic imine (C=N–C) groups is 1. The van der Waals surface area contributed by atoms with Crippen LogP contribution in [0.4, 0.5) is 8.78 Å². The van der Waals surface area contributed by atoms with E-state index in [2.05, 4.69) is 4.99 Å². The summed E-state index contributed by atoms with van der Waals surface area (Å²) in [7, 11) is 0. The number of phenolic OH excluding ortho intramolecular Hbond substituents is 1. The summed E-state index contributed by atoms with van der Waals surface area (Å²) in [6.07, 6.45) is -0.395. The first-order chi connectivity index (χ1) is 6.68. The number of halogens is 2. The van der Waals surface area contributed by atoms with E-state index in [1.54, 1.807) is 0 Å². The van der Waals surface area contributed by atoms with Crippen LogP contribution in [0.5, 0.6) is 5.75 Å². The van der Waals surface area contributed by atoms with Crippen molar-refractivity contribution >= 4 is 6.21 Å². The second kappa shape index (κ2) is 3.36. The fourth-order valence-electron chi connectivity index (χ4n) is 1.54. The number of fused-ring (bicyclic) bond motifs is 1. The molecule has 0 spiro atoms. The molecule has 0 saturated carbocycles. The quantitative estimate of drug-likeness (QED) is 0.736. The van der Waals surface area contributed by atoms with Crippen molar-refractivity contribution in [2.45, 2.75) is 12.8 Å². The molecular weight excluding hydrogens is 188 g/mol. The predicted octanol–water partition coefficient (Wildman–Crippen LogP) is 2.30. The number of nitrogens with zero attached hydrogens (tertiary/aromatic N) is 1. The van der Waals surface area contributed by atoms with E-state index in [4.69, 9.17) is 0 Å². The molecule has 1 heterocycles. The van der Waals surface area contributed by atoms with Gasteiger partial charge in [-0.3, -0.25) is 4.99 Å². The normalized spacial score (nSPS) is 14.5. The molecule has 1 aromatic rings. The van der Waals surface area contributed by atoms with Crippen LogP contribution in [0.25, 0.3) is 0 Å². The Hall–Kier alpha value is -1.45. The van der Waals surface area contributed by atoms with Crippen LogP contribution in [0.15, 0.2) is 17.1 Å². The lowest BCUT2D eigenvalue weighted by atomic mass is 9.99. The van der Waals surface area contributed by atoms with E-state index >= 15 is 0 Å². The molecule has 74 valence electrons. The third-order valence-electron chi connectivity index (χ3n) is 2.25. The van der Waals surface area contributed by atoms with Gasteiger partial charge in [0.05, 0.1) is 0 Å². The molecule has 0 fully saturated rings. The number of phenols is 1. The Balaban J connectivity index is 2.53. The standard InChI is InChI=1S/C10H9F2NO/c11-10(12)7-3-6-1-2-13-5-8(6)9(14)4-7/h3-5,10,14H,1-2H2. The smallest absolute Gasteiger partial charge is 0.263 e. The van der Waals surface area contributed by atoms with Crippen LogP contribution in [0.2, 0.25) is 0 Å². The summed E-state index contributed by atoms with van der Waals surface area (Å²) in [4.78, 5) is 3.98. The monoisotopic (exact) mass is 197 g/mol. The highest BCUT2D eigenvalue weighted by Crippen LogP contribution is 2.29. The number of rotatable bonds is 1. The molecular formula is C10H9F2NO. The average molecular weight is 197 g/mol. The third kappa shape index (κ3) is 1.47. The highest BCUT2D eigenvalue weighted by Gasteiger charge is 2.15. The van der Waals surface area contributed by atoms with E-state index in [0.29, 0.717) is 18.5 Å². The topological polar surface area (TPSA) is 32.6 Å². The van der Waals surface area contributed by atoms with Crippen LogP contribution in [0.1, 0.15) is 23.1 Å². The van der Waals surface area contributed by atoms with Crippen molar-refractivity contribution in [1.82, 2.24) is 0 Å². The molecule has 0 amide bonds. The van der Waals surface area contributed by atoms with Gasteiger partial charge in [0, 0.05) is 23.9 Å². The lowest BCUT2D eigenvalue weighted by Gasteiger charge is -2.13. The predicted molar refractivity (Wildman–Crippen MR) is 49.2 cm³/mol. The Bertz CT molecular complexity index is 388. The summed E-state index contributed by atoms with van der Waals surface area (Å²) in [6.45, 7) is 0.596. The summed E-state index contributed by atoms with van der Waals surface area (Å²) in [5, 5.41) is 9.46. The molecule has 0 unspecified atom stereocenters. The summed E-state index contributed by atoms with van der Waals surface area (Å²) < 4.78 is 24.7. The van der Waals surface area contributed by atoms with Gasteiger partial charge < -0.3 is 5.11 Å². The van der Waals surface area contributed by atoms with Crippen LogP contribution >= 0.6 is 0 Å². The molecule has 0 bridgehead atoms. The van der Waals surface area contributed by atoms with Gasteiger partial charge in [-0.15, -0.1) is 0 Å². The highest BCUT2D eigenvalue weighted by molar-refractivity contribution is 5.86. The van der Waals surface area contributed by atoms with Gasteiger partial charge in [0.2, 0.25) is 0 Å². The van der Waals surface area contributed by atoms with Crippen molar-refractivity contribution in [3.63, 3.8) is 0 Å². The second-order valence-electron chi connectivity index (χ2n) is 3.20. The van der Waals surface area contributed by atoms with Crippen LogP contribution in [0.3, 0.4) is 0 Å². The van der Waals surface area contributed by atoms with Gasteiger partial charge in [0.25, 0.3) is 6.43 Å². The van der Waals surface area contributed by atoms with E-state index in [1.165, 1.54) is 12.3 Å². The van der Waals surface area contributed by atoms with Crippen molar-refractivity contribution < 1.29 is 13.9 Å². The van der Waals surface area contributed by atoms with E-state index < -0.39 is 6.43 Å². The number of aromatic hydroxyl groups is 1. The van der Waals surface area contributed by atoms with Gasteiger partial charge >= 0.3 is 0 Å². The Morgan fingerprint density at radius 1 is 1.36 bits per heavy atom. The first-order valence-corrected chi connectivity index (χ1v) is 4.32. The van der Waals surface area contributed by atoms with Gasteiger partial charge in [-0.05, 0) is 24.1 Å². The van der Waals surface area contributed by atoms with Gasteiger partial charge in [0.1, 0.15) is 5.75 Å². The van der Waals surface area contributed by atoms with Gasteiger partial charge in [0.15, 0.2) is 0 Å². The van der Waals surface area contributed by atoms with Gasteiger partial charge in [-0.1, -0.05) is 0 Å². The summed E-state index contributed by atoms with van der Waals surface area (Å²) >= 11 is 0. The summed E-state index contributed by atoms with van der Waals surface area (Å²) in [5.41, 5.74) is 1.19. The fraction of sp³-hybridized carbons (Fsp3) is 0.300. The summed E-state index contributed by atoms with van der Waals surface area (Å²) in [5.74, 6) is -0.110. The molecule has 0 aliphatic carbocycles. The molecule has 0 aromatic heterocycles. The summed E-state index contributed by atoms with van der Waals surface area (Å²) in [6, 6.07) is 2.53. The Kier molecular flexibility index (Phi) is 2.19. The van der Waals surface area contributed by atoms with Crippen molar-refractivity contribution in [2.75, 3.05) is 6.54 Å². The van der Waals surface area contributed by atoms with Crippen molar-refractivity contribution in [3.05, 3.63) is 28.8 Å². The maximum Gasteiger partial charge on any atom is 0.263 e. The zero-order valence-electron chi connectivity index (χ0n) is 7.37. The molecule has 0 atom stereocenters. The molecule has 14 heavy (non-hydrogen) atoms. The molecule has 1 aliphatic heterocycles. The van der Waals surface area contributed by atoms with Crippen LogP contribution in [0, 0.1) is 0 Å². The molecule has 2 rings (SSSR count). The van der Waals surface area contributed by atoms with Crippen LogP contribution in [-0.2, 0) is 6.42 Å². The maximum atomic E-state index is 12.4. The largest absolute Gasteiger partial charge is 0.507 e. The Morgan fingerprint density at radius 3 is 2.86 bits per heavy atom. The van der Waals surface area contributed by atoms with Crippen molar-refractivity contribution in [3.8, 4) is 5.75 Å². The molecule has 2 nitrogen and oxygen atoms in total. The number of hydrogen-bond acceptors (Lipinski definition) is 2. The second-order valence-corrected chi connectivity index (χ2v) is 3.20. The van der Waals surface area contributed by atoms with E-state index in [1.807, 2.05) is 0 Å². The highest BCUT2D eigenvalue weighted by atomic mass is 19.3. The zero-order chi connectivity index (χ0) is 10.1. The molecule has 0 saturated heterocycles. The molecule has 1 N–H and O–H groups in total. The van der Waals surface area contributed by atoms with Crippen LogP contribution < -0.4 is 0 Å². The average Bonchev–Trinajstić information content (AvgIpc) is 2.17. The third-order valence-corrected chi connectivity index (χ3v) is 2.25. The molecule has 0 radical (unpaired) electrons. The van der Waals surface area contributed by atoms with E-state index in [-0.39, 0.29) is 11.3 Å². The molecule has 1 aliphatic rings. The van der Waals surface area contributed by atoms with Crippen molar-refractivity contribution in [1.29, 1.82) is 0 Å². The number of alkyl halides is 2. The first kappa shape index (κ1) is 9.12. The maximum absolute atomic E-state index is 12.4. The first-order valence-electron chi connectivity index (χ1n) is 4.32. The van der Waals surface area contributed by atoms with E-state index in [9.17, 15) is 13.9 Å². The van der Waals surface area contributed by atoms with Crippen molar-refractivity contribution in [2.24, 2.45) is 4.99 Å². The minimum absolute atomic E-state index is 0.110. The van der Waals surface area contributed by atoms with E-state index in [0.717, 1.165) is 11.6 Å².